The van der Waals surface area contributed by atoms with Crippen LogP contribution in [0.15, 0.2) is 24.3 Å². The van der Waals surface area contributed by atoms with Crippen LogP contribution in [0.25, 0.3) is 0 Å². The summed E-state index contributed by atoms with van der Waals surface area (Å²) < 4.78 is 5.07. The number of rotatable bonds is 4. The molecule has 0 saturated carbocycles. The highest BCUT2D eigenvalue weighted by atomic mass is 35.5. The molecule has 1 aliphatic heterocycles. The number of carbonyl (C=O) groups excluding carboxylic acids is 1. The molecule has 0 spiro atoms. The molecule has 0 N–H and O–H groups in total. The zero-order valence-corrected chi connectivity index (χ0v) is 12.8. The Morgan fingerprint density at radius 2 is 1.85 bits per heavy atom. The summed E-state index contributed by atoms with van der Waals surface area (Å²) in [7, 11) is 0. The van der Waals surface area contributed by atoms with Crippen LogP contribution in [0, 0.1) is 0 Å². The number of piperazine rings is 1. The Labute approximate surface area is 125 Å². The van der Waals surface area contributed by atoms with Crippen molar-refractivity contribution in [1.82, 2.24) is 4.90 Å². The summed E-state index contributed by atoms with van der Waals surface area (Å²) in [6.45, 7) is 7.73. The Balaban J connectivity index is 1.89. The van der Waals surface area contributed by atoms with Gasteiger partial charge in [0.25, 0.3) is 0 Å². The van der Waals surface area contributed by atoms with E-state index in [2.05, 4.69) is 9.80 Å². The highest BCUT2D eigenvalue weighted by Crippen LogP contribution is 2.20. The minimum atomic E-state index is -0.165. The van der Waals surface area contributed by atoms with Gasteiger partial charge in [0.1, 0.15) is 6.04 Å². The molecule has 5 heteroatoms. The first-order chi connectivity index (χ1) is 9.61. The molecule has 1 fully saturated rings. The van der Waals surface area contributed by atoms with Crippen LogP contribution in [0.1, 0.15) is 13.8 Å². The predicted molar refractivity (Wildman–Crippen MR) is 81.3 cm³/mol. The van der Waals surface area contributed by atoms with Gasteiger partial charge >= 0.3 is 5.97 Å². The number of ether oxygens (including phenoxy) is 1. The number of anilines is 1. The van der Waals surface area contributed by atoms with Crippen LogP contribution in [-0.2, 0) is 9.53 Å². The molecule has 0 amide bonds. The van der Waals surface area contributed by atoms with Gasteiger partial charge < -0.3 is 9.64 Å². The fraction of sp³-hybridized carbons (Fsp3) is 0.533. The SMILES string of the molecule is CCOC(=O)C(C)N1CCN(c2ccc(Cl)cc2)CC1. The maximum Gasteiger partial charge on any atom is 0.323 e. The quantitative estimate of drug-likeness (QED) is 0.799. The van der Waals surface area contributed by atoms with E-state index in [0.717, 1.165) is 31.2 Å². The molecule has 1 saturated heterocycles. The van der Waals surface area contributed by atoms with Crippen LogP contribution < -0.4 is 4.90 Å². The van der Waals surface area contributed by atoms with Gasteiger partial charge in [-0.3, -0.25) is 9.69 Å². The first-order valence-corrected chi connectivity index (χ1v) is 7.41. The molecular weight excluding hydrogens is 276 g/mol. The van der Waals surface area contributed by atoms with E-state index in [1.165, 1.54) is 5.69 Å². The van der Waals surface area contributed by atoms with Gasteiger partial charge in [-0.25, -0.2) is 0 Å². The third kappa shape index (κ3) is 3.64. The number of hydrogen-bond donors (Lipinski definition) is 0. The summed E-state index contributed by atoms with van der Waals surface area (Å²) >= 11 is 5.90. The van der Waals surface area contributed by atoms with E-state index in [1.807, 2.05) is 38.1 Å². The van der Waals surface area contributed by atoms with Crippen LogP contribution in [0.4, 0.5) is 5.69 Å². The smallest absolute Gasteiger partial charge is 0.323 e. The second-order valence-electron chi connectivity index (χ2n) is 4.93. The third-order valence-corrected chi connectivity index (χ3v) is 3.93. The lowest BCUT2D eigenvalue weighted by Crippen LogP contribution is -2.52. The van der Waals surface area contributed by atoms with Gasteiger partial charge in [0, 0.05) is 36.9 Å². The Morgan fingerprint density at radius 3 is 2.40 bits per heavy atom. The Hall–Kier alpha value is -1.26. The zero-order chi connectivity index (χ0) is 14.5. The number of hydrogen-bond acceptors (Lipinski definition) is 4. The van der Waals surface area contributed by atoms with Gasteiger partial charge in [0.2, 0.25) is 0 Å². The number of esters is 1. The molecule has 1 aromatic carbocycles. The number of nitrogens with zero attached hydrogens (tertiary/aromatic N) is 2. The average molecular weight is 297 g/mol. The van der Waals surface area contributed by atoms with Crippen LogP contribution in [0.5, 0.6) is 0 Å². The highest BCUT2D eigenvalue weighted by molar-refractivity contribution is 6.30. The lowest BCUT2D eigenvalue weighted by Gasteiger charge is -2.38. The van der Waals surface area contributed by atoms with E-state index in [9.17, 15) is 4.79 Å². The van der Waals surface area contributed by atoms with E-state index in [4.69, 9.17) is 16.3 Å². The Bertz CT molecular complexity index is 442. The van der Waals surface area contributed by atoms with E-state index < -0.39 is 0 Å². The molecule has 4 nitrogen and oxygen atoms in total. The van der Waals surface area contributed by atoms with Crippen molar-refractivity contribution < 1.29 is 9.53 Å². The van der Waals surface area contributed by atoms with E-state index in [0.29, 0.717) is 6.61 Å². The lowest BCUT2D eigenvalue weighted by atomic mass is 10.2. The highest BCUT2D eigenvalue weighted by Gasteiger charge is 2.26. The second-order valence-corrected chi connectivity index (χ2v) is 5.36. The largest absolute Gasteiger partial charge is 0.465 e. The molecule has 0 radical (unpaired) electrons. The molecule has 1 aliphatic rings. The first kappa shape index (κ1) is 15.1. The minimum Gasteiger partial charge on any atom is -0.465 e. The molecule has 2 rings (SSSR count). The number of halogens is 1. The zero-order valence-electron chi connectivity index (χ0n) is 12.0. The molecule has 1 unspecified atom stereocenters. The van der Waals surface area contributed by atoms with Crippen LogP contribution >= 0.6 is 11.6 Å². The average Bonchev–Trinajstić information content (AvgIpc) is 2.48. The van der Waals surface area contributed by atoms with Crippen molar-refractivity contribution in [2.24, 2.45) is 0 Å². The van der Waals surface area contributed by atoms with Crippen LogP contribution in [0.3, 0.4) is 0 Å². The van der Waals surface area contributed by atoms with Gasteiger partial charge in [-0.2, -0.15) is 0 Å². The van der Waals surface area contributed by atoms with Gasteiger partial charge in [-0.05, 0) is 38.1 Å². The molecular formula is C15H21ClN2O2. The van der Waals surface area contributed by atoms with Crippen molar-refractivity contribution in [1.29, 1.82) is 0 Å². The number of benzene rings is 1. The van der Waals surface area contributed by atoms with Crippen molar-refractivity contribution >= 4 is 23.3 Å². The fourth-order valence-electron chi connectivity index (χ4n) is 2.43. The van der Waals surface area contributed by atoms with Gasteiger partial charge in [-0.1, -0.05) is 11.6 Å². The van der Waals surface area contributed by atoms with Crippen molar-refractivity contribution in [3.05, 3.63) is 29.3 Å². The monoisotopic (exact) mass is 296 g/mol. The normalized spacial score (nSPS) is 17.9. The molecule has 1 atom stereocenters. The van der Waals surface area contributed by atoms with Crippen LogP contribution in [0.2, 0.25) is 5.02 Å². The van der Waals surface area contributed by atoms with Crippen molar-refractivity contribution in [2.75, 3.05) is 37.7 Å². The van der Waals surface area contributed by atoms with Crippen LogP contribution in [-0.4, -0.2) is 49.7 Å². The first-order valence-electron chi connectivity index (χ1n) is 7.03. The molecule has 0 bridgehead atoms. The molecule has 1 heterocycles. The molecule has 0 aromatic heterocycles. The minimum absolute atomic E-state index is 0.132. The van der Waals surface area contributed by atoms with E-state index in [1.54, 1.807) is 0 Å². The summed E-state index contributed by atoms with van der Waals surface area (Å²) in [5.74, 6) is -0.132. The van der Waals surface area contributed by atoms with Crippen molar-refractivity contribution in [3.8, 4) is 0 Å². The summed E-state index contributed by atoms with van der Waals surface area (Å²) in [5, 5.41) is 0.753. The maximum absolute atomic E-state index is 11.7. The standard InChI is InChI=1S/C15H21ClN2O2/c1-3-20-15(19)12(2)17-8-10-18(11-9-17)14-6-4-13(16)5-7-14/h4-7,12H,3,8-11H2,1-2H3. The molecule has 110 valence electrons. The Morgan fingerprint density at radius 1 is 1.25 bits per heavy atom. The Kier molecular flexibility index (Phi) is 5.26. The summed E-state index contributed by atoms with van der Waals surface area (Å²) in [4.78, 5) is 16.2. The van der Waals surface area contributed by atoms with Gasteiger partial charge in [-0.15, -0.1) is 0 Å². The second kappa shape index (κ2) is 6.95. The van der Waals surface area contributed by atoms with Gasteiger partial charge in [0.15, 0.2) is 0 Å². The maximum atomic E-state index is 11.7. The summed E-state index contributed by atoms with van der Waals surface area (Å²) in [5.41, 5.74) is 1.18. The third-order valence-electron chi connectivity index (χ3n) is 3.68. The molecule has 1 aromatic rings. The molecule has 0 aliphatic carbocycles. The topological polar surface area (TPSA) is 32.8 Å². The lowest BCUT2D eigenvalue weighted by molar-refractivity contribution is -0.149. The molecule has 20 heavy (non-hydrogen) atoms. The predicted octanol–water partition coefficient (Wildman–Crippen LogP) is 2.41. The van der Waals surface area contributed by atoms with E-state index >= 15 is 0 Å². The van der Waals surface area contributed by atoms with Crippen molar-refractivity contribution in [2.45, 2.75) is 19.9 Å². The number of carbonyl (C=O) groups is 1. The summed E-state index contributed by atoms with van der Waals surface area (Å²) in [6, 6.07) is 7.72. The fourth-order valence-corrected chi connectivity index (χ4v) is 2.56. The summed E-state index contributed by atoms with van der Waals surface area (Å²) in [6.07, 6.45) is 0. The van der Waals surface area contributed by atoms with Crippen molar-refractivity contribution in [3.63, 3.8) is 0 Å². The van der Waals surface area contributed by atoms with E-state index in [-0.39, 0.29) is 12.0 Å². The van der Waals surface area contributed by atoms with Gasteiger partial charge in [0.05, 0.1) is 6.61 Å².